The van der Waals surface area contributed by atoms with E-state index in [9.17, 15) is 13.6 Å². The minimum absolute atomic E-state index is 0.0302. The van der Waals surface area contributed by atoms with Gasteiger partial charge in [-0.1, -0.05) is 0 Å². The number of anilines is 1. The van der Waals surface area contributed by atoms with E-state index in [1.54, 1.807) is 23.1 Å². The molecule has 2 N–H and O–H groups in total. The van der Waals surface area contributed by atoms with E-state index in [1.165, 1.54) is 12.7 Å². The first kappa shape index (κ1) is 22.3. The number of hydrogen-bond acceptors (Lipinski definition) is 7. The van der Waals surface area contributed by atoms with Crippen LogP contribution < -0.4 is 10.1 Å². The highest BCUT2D eigenvalue weighted by atomic mass is 19.3. The van der Waals surface area contributed by atoms with Crippen molar-refractivity contribution in [1.29, 1.82) is 0 Å². The Morgan fingerprint density at radius 1 is 1.21 bits per heavy atom. The van der Waals surface area contributed by atoms with E-state index in [2.05, 4.69) is 30.5 Å². The van der Waals surface area contributed by atoms with Crippen LogP contribution in [0.15, 0.2) is 36.9 Å². The number of carbonyl (C=O) groups excluding carboxylic acids is 1. The zero-order valence-electron chi connectivity index (χ0n) is 18.7. The lowest BCUT2D eigenvalue weighted by atomic mass is 10.0. The van der Waals surface area contributed by atoms with Gasteiger partial charge >= 0.3 is 0 Å². The standard InChI is InChI=1S/C23H25F2N7O2/c1-14-8-16(17-9-20(27-12-26-17)30-22(33)15-2-3-15)4-5-18(14)34-19-6-7-32(11-23(19,24)25)10-21-28-13-29-31-21/h4-5,8-9,12-13,15,19H,2-3,6-7,10-11H2,1H3,(H,28,29,31)(H,26,27,30,33)/t19-/m0/s1. The van der Waals surface area contributed by atoms with Crippen LogP contribution in [0.3, 0.4) is 0 Å². The molecule has 3 heterocycles. The summed E-state index contributed by atoms with van der Waals surface area (Å²) < 4.78 is 35.5. The molecule has 3 aromatic rings. The highest BCUT2D eigenvalue weighted by molar-refractivity contribution is 5.93. The van der Waals surface area contributed by atoms with Gasteiger partial charge < -0.3 is 10.1 Å². The minimum Gasteiger partial charge on any atom is -0.484 e. The maximum Gasteiger partial charge on any atom is 0.296 e. The predicted octanol–water partition coefficient (Wildman–Crippen LogP) is 3.21. The fraction of sp³-hybridized carbons (Fsp3) is 0.435. The van der Waals surface area contributed by atoms with Gasteiger partial charge in [0.15, 0.2) is 6.10 Å². The van der Waals surface area contributed by atoms with Crippen molar-refractivity contribution in [2.75, 3.05) is 18.4 Å². The maximum atomic E-state index is 14.9. The summed E-state index contributed by atoms with van der Waals surface area (Å²) in [6.45, 7) is 2.16. The number of piperidine rings is 1. The van der Waals surface area contributed by atoms with Gasteiger partial charge in [-0.25, -0.2) is 23.7 Å². The smallest absolute Gasteiger partial charge is 0.296 e. The molecule has 34 heavy (non-hydrogen) atoms. The van der Waals surface area contributed by atoms with Crippen LogP contribution in [-0.2, 0) is 11.3 Å². The number of halogens is 2. The zero-order chi connectivity index (χ0) is 23.7. The molecule has 1 aliphatic carbocycles. The molecule has 0 bridgehead atoms. The highest BCUT2D eigenvalue weighted by Crippen LogP contribution is 2.34. The van der Waals surface area contributed by atoms with E-state index in [4.69, 9.17) is 4.74 Å². The van der Waals surface area contributed by atoms with Crippen LogP contribution >= 0.6 is 0 Å². The van der Waals surface area contributed by atoms with Crippen LogP contribution in [0, 0.1) is 12.8 Å². The molecule has 1 aromatic carbocycles. The first-order valence-electron chi connectivity index (χ1n) is 11.2. The molecule has 1 aliphatic heterocycles. The van der Waals surface area contributed by atoms with E-state index in [0.717, 1.165) is 24.0 Å². The Labute approximate surface area is 195 Å². The summed E-state index contributed by atoms with van der Waals surface area (Å²) in [6, 6.07) is 7.00. The van der Waals surface area contributed by atoms with Crippen molar-refractivity contribution in [3.05, 3.63) is 48.3 Å². The third-order valence-corrected chi connectivity index (χ3v) is 6.06. The van der Waals surface area contributed by atoms with Gasteiger partial charge in [0, 0.05) is 30.5 Å². The van der Waals surface area contributed by atoms with Crippen molar-refractivity contribution < 1.29 is 18.3 Å². The molecule has 5 rings (SSSR count). The molecule has 178 valence electrons. The van der Waals surface area contributed by atoms with E-state index in [-0.39, 0.29) is 24.8 Å². The Morgan fingerprint density at radius 2 is 2.06 bits per heavy atom. The topological polar surface area (TPSA) is 109 Å². The average Bonchev–Trinajstić information content (AvgIpc) is 3.54. The SMILES string of the molecule is Cc1cc(-c2cc(NC(=O)C3CC3)ncn2)ccc1O[C@H]1CCN(Cc2ncn[nH]2)CC1(F)F. The van der Waals surface area contributed by atoms with Crippen molar-refractivity contribution in [2.45, 2.75) is 44.8 Å². The van der Waals surface area contributed by atoms with Gasteiger partial charge in [-0.3, -0.25) is 14.8 Å². The van der Waals surface area contributed by atoms with Crippen LogP contribution in [0.25, 0.3) is 11.3 Å². The number of rotatable bonds is 7. The van der Waals surface area contributed by atoms with Crippen molar-refractivity contribution in [3.63, 3.8) is 0 Å². The third-order valence-electron chi connectivity index (χ3n) is 6.06. The van der Waals surface area contributed by atoms with Crippen LogP contribution in [0.2, 0.25) is 0 Å². The Bertz CT molecular complexity index is 1170. The highest BCUT2D eigenvalue weighted by Gasteiger charge is 2.46. The average molecular weight is 469 g/mol. The van der Waals surface area contributed by atoms with Gasteiger partial charge in [0.25, 0.3) is 5.92 Å². The monoisotopic (exact) mass is 469 g/mol. The molecular weight excluding hydrogens is 444 g/mol. The number of carbonyl (C=O) groups is 1. The second kappa shape index (κ2) is 9.05. The number of hydrogen-bond donors (Lipinski definition) is 2. The number of amides is 1. The van der Waals surface area contributed by atoms with Gasteiger partial charge in [0.05, 0.1) is 18.8 Å². The molecule has 1 saturated heterocycles. The molecule has 2 aromatic heterocycles. The third kappa shape index (κ3) is 5.04. The second-order valence-corrected chi connectivity index (χ2v) is 8.83. The van der Waals surface area contributed by atoms with Gasteiger partial charge in [0.1, 0.15) is 30.0 Å². The lowest BCUT2D eigenvalue weighted by molar-refractivity contribution is -0.141. The number of aryl methyl sites for hydroxylation is 1. The summed E-state index contributed by atoms with van der Waals surface area (Å²) in [5.74, 6) is -1.56. The van der Waals surface area contributed by atoms with Crippen molar-refractivity contribution >= 4 is 11.7 Å². The zero-order valence-corrected chi connectivity index (χ0v) is 18.7. The van der Waals surface area contributed by atoms with Crippen LogP contribution in [-0.4, -0.2) is 61.1 Å². The molecule has 1 amide bonds. The Hall–Kier alpha value is -3.47. The number of ether oxygens (including phenoxy) is 1. The predicted molar refractivity (Wildman–Crippen MR) is 119 cm³/mol. The van der Waals surface area contributed by atoms with E-state index in [0.29, 0.717) is 29.6 Å². The molecule has 1 atom stereocenters. The van der Waals surface area contributed by atoms with E-state index < -0.39 is 18.6 Å². The van der Waals surface area contributed by atoms with Gasteiger partial charge in [-0.05, 0) is 43.5 Å². The van der Waals surface area contributed by atoms with Crippen LogP contribution in [0.5, 0.6) is 5.75 Å². The molecule has 9 nitrogen and oxygen atoms in total. The number of nitrogens with zero attached hydrogens (tertiary/aromatic N) is 5. The molecule has 1 saturated carbocycles. The number of H-pyrrole nitrogens is 1. The van der Waals surface area contributed by atoms with Crippen molar-refractivity contribution in [1.82, 2.24) is 30.0 Å². The van der Waals surface area contributed by atoms with Gasteiger partial charge in [0.2, 0.25) is 5.91 Å². The number of likely N-dealkylation sites (tertiary alicyclic amines) is 1. The van der Waals surface area contributed by atoms with E-state index in [1.807, 2.05) is 13.0 Å². The number of alkyl halides is 2. The summed E-state index contributed by atoms with van der Waals surface area (Å²) in [5.41, 5.74) is 2.13. The number of nitrogens with one attached hydrogen (secondary N) is 2. The number of aromatic nitrogens is 5. The summed E-state index contributed by atoms with van der Waals surface area (Å²) in [6.07, 6.45) is 3.55. The fourth-order valence-corrected chi connectivity index (χ4v) is 4.04. The minimum atomic E-state index is -3.01. The number of benzene rings is 1. The lowest BCUT2D eigenvalue weighted by Gasteiger charge is -2.38. The normalized spacial score (nSPS) is 20.1. The van der Waals surface area contributed by atoms with Crippen LogP contribution in [0.4, 0.5) is 14.6 Å². The van der Waals surface area contributed by atoms with Crippen molar-refractivity contribution in [3.8, 4) is 17.0 Å². The summed E-state index contributed by atoms with van der Waals surface area (Å²) >= 11 is 0. The molecule has 0 radical (unpaired) electrons. The van der Waals surface area contributed by atoms with Gasteiger partial charge in [-0.2, -0.15) is 5.10 Å². The van der Waals surface area contributed by atoms with Crippen LogP contribution in [0.1, 0.15) is 30.7 Å². The summed E-state index contributed by atoms with van der Waals surface area (Å²) in [5, 5.41) is 9.27. The first-order chi connectivity index (χ1) is 16.4. The molecule has 0 spiro atoms. The molecule has 0 unspecified atom stereocenters. The lowest BCUT2D eigenvalue weighted by Crippen LogP contribution is -2.53. The molecule has 2 fully saturated rings. The molecular formula is C23H25F2N7O2. The second-order valence-electron chi connectivity index (χ2n) is 8.83. The molecule has 11 heteroatoms. The Kier molecular flexibility index (Phi) is 5.94. The van der Waals surface area contributed by atoms with Gasteiger partial charge in [-0.15, -0.1) is 0 Å². The summed E-state index contributed by atoms with van der Waals surface area (Å²) in [4.78, 5) is 26.0. The number of aromatic amines is 1. The Balaban J connectivity index is 1.25. The summed E-state index contributed by atoms with van der Waals surface area (Å²) in [7, 11) is 0. The molecule has 2 aliphatic rings. The largest absolute Gasteiger partial charge is 0.484 e. The maximum absolute atomic E-state index is 14.9. The fourth-order valence-electron chi connectivity index (χ4n) is 4.04. The quantitative estimate of drug-likeness (QED) is 0.547. The van der Waals surface area contributed by atoms with Crippen molar-refractivity contribution in [2.24, 2.45) is 5.92 Å². The Morgan fingerprint density at radius 3 is 2.76 bits per heavy atom. The first-order valence-corrected chi connectivity index (χ1v) is 11.2. The van der Waals surface area contributed by atoms with E-state index >= 15 is 0 Å².